The Morgan fingerprint density at radius 1 is 1.53 bits per heavy atom. The van der Waals surface area contributed by atoms with Crippen LogP contribution in [-0.2, 0) is 13.6 Å². The van der Waals surface area contributed by atoms with E-state index in [0.717, 1.165) is 0 Å². The van der Waals surface area contributed by atoms with Crippen LogP contribution in [-0.4, -0.2) is 39.8 Å². The van der Waals surface area contributed by atoms with Crippen LogP contribution >= 0.6 is 0 Å². The summed E-state index contributed by atoms with van der Waals surface area (Å²) in [6, 6.07) is 0.698. The number of aliphatic hydroxyl groups is 1. The second-order valence-electron chi connectivity index (χ2n) is 3.42. The summed E-state index contributed by atoms with van der Waals surface area (Å²) in [5.74, 6) is -0.0581. The lowest BCUT2D eigenvalue weighted by Gasteiger charge is -2.24. The van der Waals surface area contributed by atoms with Gasteiger partial charge in [0.1, 0.15) is 0 Å². The topological polar surface area (TPSA) is 55.8 Å². The number of hydrogen-bond donors (Lipinski definition) is 1. The van der Waals surface area contributed by atoms with Gasteiger partial charge in [-0.1, -0.05) is 6.08 Å². The van der Waals surface area contributed by atoms with Gasteiger partial charge in [-0.25, -0.2) is 0 Å². The molecule has 0 aliphatic carbocycles. The molecule has 0 fully saturated rings. The SMILES string of the molecule is CC=CC(=O)CO[Si](C)(CCCO)OC. The third-order valence-electron chi connectivity index (χ3n) is 2.09. The van der Waals surface area contributed by atoms with Crippen LogP contribution < -0.4 is 0 Å². The van der Waals surface area contributed by atoms with Crippen molar-refractivity contribution in [1.82, 2.24) is 0 Å². The standard InChI is InChI=1S/C10H20O4Si/c1-4-6-10(12)9-14-15(3,13-2)8-5-7-11/h4,6,11H,5,7-9H2,1-3H3. The molecule has 0 aromatic rings. The molecule has 0 spiro atoms. The maximum atomic E-state index is 11.2. The van der Waals surface area contributed by atoms with E-state index in [1.165, 1.54) is 6.08 Å². The Labute approximate surface area is 92.1 Å². The first-order chi connectivity index (χ1) is 7.08. The van der Waals surface area contributed by atoms with Gasteiger partial charge in [-0.15, -0.1) is 0 Å². The average Bonchev–Trinajstić information content (AvgIpc) is 2.24. The van der Waals surface area contributed by atoms with Gasteiger partial charge in [0.15, 0.2) is 5.78 Å². The monoisotopic (exact) mass is 232 g/mol. The van der Waals surface area contributed by atoms with Gasteiger partial charge in [-0.05, 0) is 32.0 Å². The zero-order valence-electron chi connectivity index (χ0n) is 9.66. The quantitative estimate of drug-likeness (QED) is 0.505. The van der Waals surface area contributed by atoms with Gasteiger partial charge in [-0.3, -0.25) is 4.79 Å². The molecule has 0 aliphatic heterocycles. The van der Waals surface area contributed by atoms with Crippen molar-refractivity contribution >= 4 is 14.3 Å². The normalized spacial score (nSPS) is 15.5. The zero-order valence-corrected chi connectivity index (χ0v) is 10.7. The second kappa shape index (κ2) is 7.75. The smallest absolute Gasteiger partial charge is 0.335 e. The molecule has 1 atom stereocenters. The lowest BCUT2D eigenvalue weighted by Crippen LogP contribution is -2.39. The fourth-order valence-electron chi connectivity index (χ4n) is 1.09. The highest BCUT2D eigenvalue weighted by molar-refractivity contribution is 6.66. The summed E-state index contributed by atoms with van der Waals surface area (Å²) in [7, 11) is -0.664. The highest BCUT2D eigenvalue weighted by atomic mass is 28.4. The van der Waals surface area contributed by atoms with E-state index in [4.69, 9.17) is 14.0 Å². The van der Waals surface area contributed by atoms with Gasteiger partial charge in [-0.2, -0.15) is 0 Å². The molecule has 0 aliphatic rings. The third kappa shape index (κ3) is 6.56. The van der Waals surface area contributed by atoms with Gasteiger partial charge >= 0.3 is 8.56 Å². The lowest BCUT2D eigenvalue weighted by molar-refractivity contribution is -0.117. The molecule has 0 saturated carbocycles. The summed E-state index contributed by atoms with van der Waals surface area (Å²) in [6.07, 6.45) is 3.82. The van der Waals surface area contributed by atoms with Crippen molar-refractivity contribution in [3.63, 3.8) is 0 Å². The molecule has 88 valence electrons. The van der Waals surface area contributed by atoms with Gasteiger partial charge in [0.05, 0.1) is 6.61 Å². The summed E-state index contributed by atoms with van der Waals surface area (Å²) in [6.45, 7) is 3.87. The molecular weight excluding hydrogens is 212 g/mol. The average molecular weight is 232 g/mol. The Bertz CT molecular complexity index is 217. The van der Waals surface area contributed by atoms with Crippen LogP contribution in [0, 0.1) is 0 Å². The van der Waals surface area contributed by atoms with E-state index in [9.17, 15) is 4.79 Å². The van der Waals surface area contributed by atoms with Crippen LogP contribution in [0.3, 0.4) is 0 Å². The Morgan fingerprint density at radius 2 is 2.20 bits per heavy atom. The Balaban J connectivity index is 4.02. The summed E-state index contributed by atoms with van der Waals surface area (Å²) in [5, 5.41) is 8.72. The van der Waals surface area contributed by atoms with E-state index >= 15 is 0 Å². The molecule has 0 amide bonds. The minimum Gasteiger partial charge on any atom is -0.398 e. The van der Waals surface area contributed by atoms with E-state index in [2.05, 4.69) is 0 Å². The van der Waals surface area contributed by atoms with E-state index in [-0.39, 0.29) is 19.0 Å². The van der Waals surface area contributed by atoms with Crippen molar-refractivity contribution in [1.29, 1.82) is 0 Å². The minimum atomic E-state index is -2.25. The molecule has 15 heavy (non-hydrogen) atoms. The fraction of sp³-hybridized carbons (Fsp3) is 0.700. The summed E-state index contributed by atoms with van der Waals surface area (Å²) >= 11 is 0. The van der Waals surface area contributed by atoms with E-state index in [1.807, 2.05) is 6.55 Å². The first-order valence-corrected chi connectivity index (χ1v) is 7.56. The van der Waals surface area contributed by atoms with Crippen molar-refractivity contribution < 1.29 is 18.8 Å². The largest absolute Gasteiger partial charge is 0.398 e. The Morgan fingerprint density at radius 3 is 2.67 bits per heavy atom. The Hall–Kier alpha value is -0.493. The van der Waals surface area contributed by atoms with Gasteiger partial charge in [0.2, 0.25) is 0 Å². The molecule has 0 saturated heterocycles. The maximum absolute atomic E-state index is 11.2. The first kappa shape index (κ1) is 14.5. The predicted molar refractivity (Wildman–Crippen MR) is 60.9 cm³/mol. The molecule has 1 N–H and O–H groups in total. The van der Waals surface area contributed by atoms with Crippen LogP contribution in [0.1, 0.15) is 13.3 Å². The second-order valence-corrected chi connectivity index (χ2v) is 6.88. The van der Waals surface area contributed by atoms with Gasteiger partial charge in [0, 0.05) is 13.7 Å². The Kier molecular flexibility index (Phi) is 7.50. The van der Waals surface area contributed by atoms with E-state index in [1.54, 1.807) is 20.1 Å². The van der Waals surface area contributed by atoms with Crippen LogP contribution in [0.25, 0.3) is 0 Å². The van der Waals surface area contributed by atoms with Crippen LogP contribution in [0.15, 0.2) is 12.2 Å². The zero-order chi connectivity index (χ0) is 11.7. The summed E-state index contributed by atoms with van der Waals surface area (Å²) in [4.78, 5) is 11.2. The molecule has 0 bridgehead atoms. The number of hydrogen-bond acceptors (Lipinski definition) is 4. The molecule has 0 heterocycles. The number of carbonyl (C=O) groups excluding carboxylic acids is 1. The number of ketones is 1. The highest BCUT2D eigenvalue weighted by Crippen LogP contribution is 2.14. The number of aliphatic hydroxyl groups excluding tert-OH is 1. The van der Waals surface area contributed by atoms with Crippen molar-refractivity contribution in [3.8, 4) is 0 Å². The van der Waals surface area contributed by atoms with E-state index < -0.39 is 8.56 Å². The number of allylic oxidation sites excluding steroid dienone is 1. The lowest BCUT2D eigenvalue weighted by atomic mass is 10.4. The maximum Gasteiger partial charge on any atom is 0.335 e. The highest BCUT2D eigenvalue weighted by Gasteiger charge is 2.29. The minimum absolute atomic E-state index is 0.0581. The number of rotatable bonds is 8. The van der Waals surface area contributed by atoms with Crippen molar-refractivity contribution in [2.45, 2.75) is 25.9 Å². The molecule has 5 heteroatoms. The van der Waals surface area contributed by atoms with Crippen LogP contribution in [0.4, 0.5) is 0 Å². The van der Waals surface area contributed by atoms with Crippen LogP contribution in [0.5, 0.6) is 0 Å². The third-order valence-corrected chi connectivity index (χ3v) is 4.97. The molecule has 0 rings (SSSR count). The van der Waals surface area contributed by atoms with Crippen molar-refractivity contribution in [3.05, 3.63) is 12.2 Å². The summed E-state index contributed by atoms with van der Waals surface area (Å²) in [5.41, 5.74) is 0. The first-order valence-electron chi connectivity index (χ1n) is 5.03. The predicted octanol–water partition coefficient (Wildman–Crippen LogP) is 1.25. The molecule has 4 nitrogen and oxygen atoms in total. The van der Waals surface area contributed by atoms with Crippen LogP contribution in [0.2, 0.25) is 12.6 Å². The van der Waals surface area contributed by atoms with Crippen molar-refractivity contribution in [2.75, 3.05) is 20.3 Å². The molecular formula is C10H20O4Si. The molecule has 1 unspecified atom stereocenters. The molecule has 0 aromatic heterocycles. The summed E-state index contributed by atoms with van der Waals surface area (Å²) < 4.78 is 10.8. The van der Waals surface area contributed by atoms with Gasteiger partial charge in [0.25, 0.3) is 0 Å². The van der Waals surface area contributed by atoms with E-state index in [0.29, 0.717) is 12.5 Å². The molecule has 0 aromatic carbocycles. The van der Waals surface area contributed by atoms with Gasteiger partial charge < -0.3 is 14.0 Å². The number of carbonyl (C=O) groups is 1. The van der Waals surface area contributed by atoms with Crippen molar-refractivity contribution in [2.24, 2.45) is 0 Å². The fourth-order valence-corrected chi connectivity index (χ4v) is 2.81. The molecule has 0 radical (unpaired) electrons.